The van der Waals surface area contributed by atoms with E-state index in [-0.39, 0.29) is 25.7 Å². The predicted octanol–water partition coefficient (Wildman–Crippen LogP) is 4.43. The van der Waals surface area contributed by atoms with Crippen molar-refractivity contribution < 1.29 is 13.5 Å². The number of hydrogen-bond acceptors (Lipinski definition) is 6. The second-order valence-corrected chi connectivity index (χ2v) is 9.27. The molecule has 0 spiro atoms. The summed E-state index contributed by atoms with van der Waals surface area (Å²) in [4.78, 5) is 4.17. The van der Waals surface area contributed by atoms with Crippen LogP contribution in [0.15, 0.2) is 64.6 Å². The average Bonchev–Trinajstić information content (AvgIpc) is 3.07. The Morgan fingerprint density at radius 2 is 1.77 bits per heavy atom. The van der Waals surface area contributed by atoms with Gasteiger partial charge in [0.25, 0.3) is 0 Å². The van der Waals surface area contributed by atoms with E-state index < -0.39 is 9.84 Å². The van der Waals surface area contributed by atoms with Crippen molar-refractivity contribution in [2.24, 2.45) is 7.05 Å². The van der Waals surface area contributed by atoms with Crippen LogP contribution in [0.1, 0.15) is 5.56 Å². The number of pyridine rings is 1. The van der Waals surface area contributed by atoms with Crippen molar-refractivity contribution in [1.29, 1.82) is 0 Å². The zero-order valence-electron chi connectivity index (χ0n) is 15.7. The Morgan fingerprint density at radius 1 is 1.10 bits per heavy atom. The number of aromatic hydroxyl groups is 1. The summed E-state index contributed by atoms with van der Waals surface area (Å²) in [6, 6.07) is 13.9. The van der Waals surface area contributed by atoms with E-state index in [4.69, 9.17) is 23.2 Å². The van der Waals surface area contributed by atoms with Gasteiger partial charge in [-0.1, -0.05) is 53.5 Å². The number of aromatic nitrogens is 3. The molecule has 2 heterocycles. The Bertz CT molecular complexity index is 1330. The fraction of sp³-hybridized carbons (Fsp3) is 0.100. The molecule has 0 aliphatic heterocycles. The summed E-state index contributed by atoms with van der Waals surface area (Å²) in [5.74, 6) is 0.216. The summed E-state index contributed by atoms with van der Waals surface area (Å²) < 4.78 is 27.8. The van der Waals surface area contributed by atoms with Gasteiger partial charge in [0, 0.05) is 25.9 Å². The molecule has 0 atom stereocenters. The third-order valence-corrected chi connectivity index (χ3v) is 6.82. The largest absolute Gasteiger partial charge is 0.505 e. The lowest BCUT2D eigenvalue weighted by molar-refractivity contribution is 0.475. The minimum Gasteiger partial charge on any atom is -0.505 e. The van der Waals surface area contributed by atoms with E-state index in [0.29, 0.717) is 23.3 Å². The van der Waals surface area contributed by atoms with E-state index in [2.05, 4.69) is 15.4 Å². The number of nitrogens with one attached hydrogen (secondary N) is 1. The Morgan fingerprint density at radius 3 is 2.43 bits per heavy atom. The highest BCUT2D eigenvalue weighted by Gasteiger charge is 2.27. The number of anilines is 1. The molecule has 30 heavy (non-hydrogen) atoms. The number of nitrogens with zero attached hydrogens (tertiary/aromatic N) is 3. The zero-order valence-corrected chi connectivity index (χ0v) is 18.0. The number of phenolic OH excluding ortho intramolecular Hbond substituents is 1. The fourth-order valence-corrected chi connectivity index (χ4v) is 5.08. The summed E-state index contributed by atoms with van der Waals surface area (Å²) in [5, 5.41) is 17.0. The Labute approximate surface area is 182 Å². The molecule has 2 aromatic heterocycles. The van der Waals surface area contributed by atoms with Gasteiger partial charge < -0.3 is 10.4 Å². The molecule has 0 aliphatic rings. The first-order valence-electron chi connectivity index (χ1n) is 8.81. The Balaban J connectivity index is 1.72. The number of halogens is 2. The molecule has 0 unspecified atom stereocenters. The molecule has 4 rings (SSSR count). The van der Waals surface area contributed by atoms with E-state index in [9.17, 15) is 13.5 Å². The van der Waals surface area contributed by atoms with Crippen molar-refractivity contribution in [3.8, 4) is 5.75 Å². The highest BCUT2D eigenvalue weighted by atomic mass is 35.5. The standard InChI is InChI=1S/C20H16Cl2N4O3S/c1-26-17-9-18(23-10-12-5-3-2-4-6-12)24-11-14(17)20(25-26)30(28,29)13-7-15(21)19(27)16(22)8-13/h2-9,11,27H,10H2,1H3,(H,23,24). The van der Waals surface area contributed by atoms with Crippen LogP contribution in [0.4, 0.5) is 5.82 Å². The zero-order chi connectivity index (χ0) is 21.5. The molecule has 2 aromatic carbocycles. The van der Waals surface area contributed by atoms with Gasteiger partial charge in [-0.25, -0.2) is 13.4 Å². The SMILES string of the molecule is Cn1nc(S(=O)(=O)c2cc(Cl)c(O)c(Cl)c2)c2cnc(NCc3ccccc3)cc21. The quantitative estimate of drug-likeness (QED) is 0.455. The molecule has 0 saturated carbocycles. The molecule has 0 radical (unpaired) electrons. The van der Waals surface area contributed by atoms with E-state index in [1.807, 2.05) is 30.3 Å². The van der Waals surface area contributed by atoms with Crippen LogP contribution in [0.3, 0.4) is 0 Å². The molecule has 0 aliphatic carbocycles. The molecule has 0 fully saturated rings. The maximum Gasteiger partial charge on any atom is 0.226 e. The minimum absolute atomic E-state index is 0.160. The summed E-state index contributed by atoms with van der Waals surface area (Å²) in [5.41, 5.74) is 1.68. The Hall–Kier alpha value is -2.81. The van der Waals surface area contributed by atoms with Crippen LogP contribution in [-0.4, -0.2) is 28.3 Å². The second kappa shape index (κ2) is 7.79. The third-order valence-electron chi connectivity index (χ3n) is 4.57. The molecular weight excluding hydrogens is 447 g/mol. The van der Waals surface area contributed by atoms with Gasteiger partial charge in [0.05, 0.1) is 25.8 Å². The van der Waals surface area contributed by atoms with Crippen molar-refractivity contribution in [3.05, 3.63) is 70.3 Å². The van der Waals surface area contributed by atoms with Gasteiger partial charge >= 0.3 is 0 Å². The van der Waals surface area contributed by atoms with Gasteiger partial charge in [-0.2, -0.15) is 5.10 Å². The van der Waals surface area contributed by atoms with Crippen LogP contribution in [0.25, 0.3) is 10.9 Å². The first-order valence-corrected chi connectivity index (χ1v) is 11.0. The lowest BCUT2D eigenvalue weighted by atomic mass is 10.2. The first kappa shape index (κ1) is 20.5. The minimum atomic E-state index is -4.05. The normalized spacial score (nSPS) is 11.7. The number of aryl methyl sites for hydroxylation is 1. The lowest BCUT2D eigenvalue weighted by Gasteiger charge is -2.07. The summed E-state index contributed by atoms with van der Waals surface area (Å²) in [6.07, 6.45) is 1.46. The smallest absolute Gasteiger partial charge is 0.226 e. The lowest BCUT2D eigenvalue weighted by Crippen LogP contribution is -2.04. The molecule has 7 nitrogen and oxygen atoms in total. The van der Waals surface area contributed by atoms with Crippen molar-refractivity contribution in [3.63, 3.8) is 0 Å². The Kier molecular flexibility index (Phi) is 5.31. The van der Waals surface area contributed by atoms with Gasteiger partial charge in [0.1, 0.15) is 5.82 Å². The number of sulfone groups is 1. The van der Waals surface area contributed by atoms with E-state index in [1.54, 1.807) is 13.1 Å². The molecule has 154 valence electrons. The summed E-state index contributed by atoms with van der Waals surface area (Å²) >= 11 is 11.8. The van der Waals surface area contributed by atoms with Crippen LogP contribution in [0.2, 0.25) is 10.0 Å². The third kappa shape index (κ3) is 3.69. The van der Waals surface area contributed by atoms with Gasteiger partial charge in [0.2, 0.25) is 9.84 Å². The molecule has 10 heteroatoms. The predicted molar refractivity (Wildman–Crippen MR) is 116 cm³/mol. The highest BCUT2D eigenvalue weighted by Crippen LogP contribution is 2.37. The van der Waals surface area contributed by atoms with Crippen LogP contribution < -0.4 is 5.32 Å². The van der Waals surface area contributed by atoms with Gasteiger partial charge in [-0.3, -0.25) is 4.68 Å². The van der Waals surface area contributed by atoms with Crippen LogP contribution in [0, 0.1) is 0 Å². The molecule has 4 aromatic rings. The van der Waals surface area contributed by atoms with E-state index in [1.165, 1.54) is 10.9 Å². The van der Waals surface area contributed by atoms with Crippen molar-refractivity contribution in [2.75, 3.05) is 5.32 Å². The first-order chi connectivity index (χ1) is 14.3. The van der Waals surface area contributed by atoms with Crippen LogP contribution in [0.5, 0.6) is 5.75 Å². The molecule has 2 N–H and O–H groups in total. The highest BCUT2D eigenvalue weighted by molar-refractivity contribution is 7.91. The second-order valence-electron chi connectivity index (χ2n) is 6.59. The van der Waals surface area contributed by atoms with Crippen molar-refractivity contribution >= 4 is 49.8 Å². The van der Waals surface area contributed by atoms with Crippen LogP contribution in [-0.2, 0) is 23.4 Å². The van der Waals surface area contributed by atoms with Gasteiger partial charge in [-0.15, -0.1) is 0 Å². The monoisotopic (exact) mass is 462 g/mol. The fourth-order valence-electron chi connectivity index (χ4n) is 3.01. The molecule has 0 saturated heterocycles. The number of phenols is 1. The number of hydrogen-bond donors (Lipinski definition) is 2. The summed E-state index contributed by atoms with van der Waals surface area (Å²) in [6.45, 7) is 0.576. The van der Waals surface area contributed by atoms with Crippen molar-refractivity contribution in [2.45, 2.75) is 16.5 Å². The number of fused-ring (bicyclic) bond motifs is 1. The average molecular weight is 463 g/mol. The van der Waals surface area contributed by atoms with E-state index >= 15 is 0 Å². The molecule has 0 amide bonds. The van der Waals surface area contributed by atoms with Crippen molar-refractivity contribution in [1.82, 2.24) is 14.8 Å². The van der Waals surface area contributed by atoms with E-state index in [0.717, 1.165) is 17.7 Å². The number of benzene rings is 2. The molecule has 0 bridgehead atoms. The van der Waals surface area contributed by atoms with Gasteiger partial charge in [-0.05, 0) is 17.7 Å². The van der Waals surface area contributed by atoms with Crippen LogP contribution >= 0.6 is 23.2 Å². The number of rotatable bonds is 5. The maximum atomic E-state index is 13.2. The topological polar surface area (TPSA) is 97.1 Å². The summed E-state index contributed by atoms with van der Waals surface area (Å²) in [7, 11) is -2.40. The maximum absolute atomic E-state index is 13.2. The van der Waals surface area contributed by atoms with Gasteiger partial charge in [0.15, 0.2) is 10.8 Å². The molecular formula is C20H16Cl2N4O3S.